The number of amides is 1. The average Bonchev–Trinajstić information content (AvgIpc) is 2.89. The van der Waals surface area contributed by atoms with E-state index in [0.29, 0.717) is 5.57 Å². The molecule has 8 heteroatoms. The molecule has 0 bridgehead atoms. The zero-order valence-electron chi connectivity index (χ0n) is 26.8. The lowest BCUT2D eigenvalue weighted by Crippen LogP contribution is -2.69. The number of hydrogen-bond donors (Lipinski definition) is 0. The van der Waals surface area contributed by atoms with E-state index < -0.39 is 49.2 Å². The van der Waals surface area contributed by atoms with Gasteiger partial charge in [0.15, 0.2) is 25.6 Å². The van der Waals surface area contributed by atoms with Crippen LogP contribution in [0.1, 0.15) is 72.6 Å². The Bertz CT molecular complexity index is 1240. The summed E-state index contributed by atoms with van der Waals surface area (Å²) in [5.74, 6) is -1.40. The van der Waals surface area contributed by atoms with Gasteiger partial charge in [-0.2, -0.15) is 0 Å². The van der Waals surface area contributed by atoms with Gasteiger partial charge in [0, 0.05) is 5.41 Å². The number of benzene rings is 2. The summed E-state index contributed by atoms with van der Waals surface area (Å²) in [5, 5.41) is -0.703. The molecule has 0 N–H and O–H groups in total. The molecule has 1 fully saturated rings. The van der Waals surface area contributed by atoms with Crippen LogP contribution in [0.25, 0.3) is 0 Å². The molecule has 0 aromatic heterocycles. The molecule has 2 aromatic carbocycles. The summed E-state index contributed by atoms with van der Waals surface area (Å²) in [6.07, 6.45) is -1.10. The van der Waals surface area contributed by atoms with Gasteiger partial charge in [0.25, 0.3) is 0 Å². The van der Waals surface area contributed by atoms with Crippen LogP contribution >= 0.6 is 11.8 Å². The quantitative estimate of drug-likeness (QED) is 0.119. The Hall–Kier alpha value is -2.68. The van der Waals surface area contributed by atoms with Crippen LogP contribution < -0.4 is 0 Å². The second kappa shape index (κ2) is 12.9. The van der Waals surface area contributed by atoms with Crippen molar-refractivity contribution in [2.24, 2.45) is 11.3 Å². The van der Waals surface area contributed by atoms with Gasteiger partial charge in [-0.15, -0.1) is 0 Å². The van der Waals surface area contributed by atoms with Crippen LogP contribution in [-0.4, -0.2) is 47.7 Å². The highest BCUT2D eigenvalue weighted by Gasteiger charge is 2.58. The smallest absolute Gasteiger partial charge is 0.334 e. The van der Waals surface area contributed by atoms with Gasteiger partial charge >= 0.3 is 5.97 Å². The molecular weight excluding hydrogens is 563 g/mol. The van der Waals surface area contributed by atoms with Crippen molar-refractivity contribution in [1.82, 2.24) is 4.90 Å². The maximum absolute atomic E-state index is 14.0. The second-order valence-electron chi connectivity index (χ2n) is 13.8. The zero-order chi connectivity index (χ0) is 31.6. The van der Waals surface area contributed by atoms with Crippen molar-refractivity contribution >= 4 is 37.1 Å². The maximum atomic E-state index is 14.0. The Morgan fingerprint density at radius 1 is 0.929 bits per heavy atom. The van der Waals surface area contributed by atoms with Gasteiger partial charge in [0.2, 0.25) is 5.91 Å². The molecule has 1 aliphatic heterocycles. The molecule has 6 nitrogen and oxygen atoms in total. The van der Waals surface area contributed by atoms with E-state index in [4.69, 9.17) is 9.16 Å². The molecule has 1 saturated heterocycles. The molecule has 0 radical (unpaired) electrons. The fourth-order valence-electron chi connectivity index (χ4n) is 4.67. The highest BCUT2D eigenvalue weighted by atomic mass is 32.2. The van der Waals surface area contributed by atoms with Crippen LogP contribution in [0.3, 0.4) is 0 Å². The monoisotopic (exact) mass is 609 g/mol. The van der Waals surface area contributed by atoms with Crippen molar-refractivity contribution in [3.8, 4) is 0 Å². The first-order valence-electron chi connectivity index (χ1n) is 14.5. The third kappa shape index (κ3) is 7.44. The van der Waals surface area contributed by atoms with Gasteiger partial charge in [0.05, 0.1) is 12.0 Å². The molecule has 1 aliphatic rings. The molecule has 4 atom stereocenters. The summed E-state index contributed by atoms with van der Waals surface area (Å²) >= 11 is 1.10. The number of carbonyl (C=O) groups excluding carboxylic acids is 3. The van der Waals surface area contributed by atoms with Crippen molar-refractivity contribution in [3.63, 3.8) is 0 Å². The number of nitrogens with zero attached hydrogens (tertiary/aromatic N) is 1. The van der Waals surface area contributed by atoms with Crippen molar-refractivity contribution in [1.29, 1.82) is 0 Å². The van der Waals surface area contributed by atoms with Crippen LogP contribution in [-0.2, 0) is 23.5 Å². The lowest BCUT2D eigenvalue weighted by atomic mass is 9.89. The number of likely N-dealkylation sites (tertiary alicyclic amines) is 1. The molecular formula is C34H47NO5SSi. The molecule has 1 amide bonds. The summed E-state index contributed by atoms with van der Waals surface area (Å²) in [6, 6.07) is 18.0. The minimum Gasteiger partial charge on any atom is -0.451 e. The topological polar surface area (TPSA) is 72.9 Å². The Morgan fingerprint density at radius 3 is 1.81 bits per heavy atom. The number of carbonyl (C=O) groups is 3. The first kappa shape index (κ1) is 33.8. The Kier molecular flexibility index (Phi) is 10.4. The molecule has 228 valence electrons. The van der Waals surface area contributed by atoms with Crippen molar-refractivity contribution < 1.29 is 23.5 Å². The van der Waals surface area contributed by atoms with Crippen molar-refractivity contribution in [2.45, 2.75) is 97.1 Å². The molecule has 1 heterocycles. The summed E-state index contributed by atoms with van der Waals surface area (Å²) in [4.78, 5) is 42.7. The molecule has 42 heavy (non-hydrogen) atoms. The van der Waals surface area contributed by atoms with Crippen molar-refractivity contribution in [2.75, 3.05) is 0 Å². The molecule has 0 spiro atoms. The van der Waals surface area contributed by atoms with Crippen LogP contribution in [0.15, 0.2) is 72.8 Å². The van der Waals surface area contributed by atoms with Crippen LogP contribution in [0.4, 0.5) is 0 Å². The van der Waals surface area contributed by atoms with Crippen LogP contribution in [0, 0.1) is 11.3 Å². The molecule has 0 unspecified atom stereocenters. The van der Waals surface area contributed by atoms with Gasteiger partial charge in [0.1, 0.15) is 5.37 Å². The van der Waals surface area contributed by atoms with Crippen molar-refractivity contribution in [3.05, 3.63) is 83.9 Å². The maximum Gasteiger partial charge on any atom is 0.334 e. The number of β-lactam (4-membered cyclic amide) rings is 1. The molecule has 2 aromatic rings. The third-order valence-corrected chi connectivity index (χ3v) is 14.3. The van der Waals surface area contributed by atoms with E-state index in [2.05, 4.69) is 40.4 Å². The van der Waals surface area contributed by atoms with Crippen LogP contribution in [0.2, 0.25) is 18.1 Å². The number of thioether (sulfide) groups is 1. The highest BCUT2D eigenvalue weighted by Crippen LogP contribution is 2.46. The zero-order valence-corrected chi connectivity index (χ0v) is 28.6. The fourth-order valence-corrected chi connectivity index (χ4v) is 7.49. The van der Waals surface area contributed by atoms with E-state index in [1.807, 2.05) is 88.4 Å². The largest absolute Gasteiger partial charge is 0.451 e. The molecule has 0 aliphatic carbocycles. The van der Waals surface area contributed by atoms with E-state index in [0.717, 1.165) is 22.9 Å². The molecule has 3 rings (SSSR count). The highest BCUT2D eigenvalue weighted by molar-refractivity contribution is 8.14. The number of esters is 1. The van der Waals surface area contributed by atoms with E-state index in [1.165, 1.54) is 4.90 Å². The minimum atomic E-state index is -2.21. The van der Waals surface area contributed by atoms with Gasteiger partial charge in [-0.25, -0.2) is 4.79 Å². The Balaban J connectivity index is 1.97. The lowest BCUT2D eigenvalue weighted by molar-refractivity contribution is -0.171. The normalized spacial score (nSPS) is 19.2. The van der Waals surface area contributed by atoms with Gasteiger partial charge < -0.3 is 14.1 Å². The number of rotatable bonds is 10. The number of ether oxygens (including phenoxy) is 1. The van der Waals surface area contributed by atoms with Crippen LogP contribution in [0.5, 0.6) is 0 Å². The van der Waals surface area contributed by atoms with Gasteiger partial charge in [-0.05, 0) is 48.7 Å². The van der Waals surface area contributed by atoms with Gasteiger partial charge in [-0.3, -0.25) is 9.59 Å². The predicted molar refractivity (Wildman–Crippen MR) is 173 cm³/mol. The predicted octanol–water partition coefficient (Wildman–Crippen LogP) is 7.76. The van der Waals surface area contributed by atoms with E-state index >= 15 is 0 Å². The summed E-state index contributed by atoms with van der Waals surface area (Å²) < 4.78 is 12.8. The van der Waals surface area contributed by atoms with E-state index in [-0.39, 0.29) is 16.1 Å². The summed E-state index contributed by atoms with van der Waals surface area (Å²) in [6.45, 7) is 24.0. The third-order valence-electron chi connectivity index (χ3n) is 8.16. The second-order valence-corrected chi connectivity index (χ2v) is 19.6. The minimum absolute atomic E-state index is 0.0501. The summed E-state index contributed by atoms with van der Waals surface area (Å²) in [7, 11) is -2.21. The fraction of sp³-hybridized carbons (Fsp3) is 0.500. The Labute approximate surface area is 257 Å². The number of hydrogen-bond acceptors (Lipinski definition) is 6. The SMILES string of the molecule is C=C(C)[C@H](C(=O)OC(c1ccccc1)c1ccccc1)N1C(=O)[C@H]([C@@H](C)O[Si](C)(C)C(C)(C)C)[C@H]1SC(=O)C(C)(C)C. The summed E-state index contributed by atoms with van der Waals surface area (Å²) in [5.41, 5.74) is 1.47. The molecule has 0 saturated carbocycles. The standard InChI is InChI=1S/C34H47NO5SSi/c1-22(2)27(31(37)39-28(24-18-14-12-15-19-24)25-20-16-13-17-21-25)35-29(36)26(30(35)41-32(38)33(4,5)6)23(3)40-42(10,11)34(7,8)9/h12-21,23,26-28,30H,1H2,2-11H3/t23-,26+,27-,30-/m1/s1. The van der Waals surface area contributed by atoms with E-state index in [9.17, 15) is 14.4 Å². The Morgan fingerprint density at radius 2 is 1.40 bits per heavy atom. The van der Waals surface area contributed by atoms with Gasteiger partial charge in [-0.1, -0.05) is 121 Å². The first-order chi connectivity index (χ1) is 19.4. The first-order valence-corrected chi connectivity index (χ1v) is 18.3. The average molecular weight is 610 g/mol. The van der Waals surface area contributed by atoms with E-state index in [1.54, 1.807) is 6.92 Å². The lowest BCUT2D eigenvalue weighted by Gasteiger charge is -2.53.